The topological polar surface area (TPSA) is 38.9 Å². The maximum Gasteiger partial charge on any atom is 0.123 e. The van der Waals surface area contributed by atoms with Crippen molar-refractivity contribution in [1.29, 1.82) is 0 Å². The first-order valence-corrected chi connectivity index (χ1v) is 6.26. The lowest BCUT2D eigenvalue weighted by molar-refractivity contribution is 0.742. The molecule has 0 spiro atoms. The van der Waals surface area contributed by atoms with Gasteiger partial charge in [0.25, 0.3) is 0 Å². The third-order valence-corrected chi connectivity index (χ3v) is 3.65. The Kier molecular flexibility index (Phi) is 3.36. The molecule has 0 aliphatic carbocycles. The molecule has 0 amide bonds. The number of thiazole rings is 1. The summed E-state index contributed by atoms with van der Waals surface area (Å²) in [6.45, 7) is 4.09. The van der Waals surface area contributed by atoms with Crippen LogP contribution in [0.1, 0.15) is 17.5 Å². The molecule has 0 aliphatic heterocycles. The molecule has 2 aromatic rings. The van der Waals surface area contributed by atoms with Gasteiger partial charge in [0.2, 0.25) is 0 Å². The minimum atomic E-state index is 0.197. The van der Waals surface area contributed by atoms with Crippen LogP contribution in [0.5, 0.6) is 0 Å². The van der Waals surface area contributed by atoms with E-state index >= 15 is 0 Å². The van der Waals surface area contributed by atoms with Gasteiger partial charge in [-0.15, -0.1) is 11.3 Å². The third-order valence-electron chi connectivity index (χ3n) is 2.42. The minimum absolute atomic E-state index is 0.197. The van der Waals surface area contributed by atoms with Gasteiger partial charge in [-0.25, -0.2) is 4.98 Å². The summed E-state index contributed by atoms with van der Waals surface area (Å²) < 4.78 is 0. The standard InChI is InChI=1S/C13H16N2S/c1-9(14)8-12-10(2)15-13(16-12)11-6-4-3-5-7-11/h3-7,9H,8,14H2,1-2H3. The van der Waals surface area contributed by atoms with Crippen LogP contribution >= 0.6 is 11.3 Å². The van der Waals surface area contributed by atoms with Crippen molar-refractivity contribution in [3.8, 4) is 10.6 Å². The van der Waals surface area contributed by atoms with Crippen molar-refractivity contribution >= 4 is 11.3 Å². The van der Waals surface area contributed by atoms with Crippen LogP contribution < -0.4 is 5.73 Å². The van der Waals surface area contributed by atoms with Gasteiger partial charge in [-0.2, -0.15) is 0 Å². The molecule has 1 atom stereocenters. The molecule has 3 heteroatoms. The molecule has 0 aliphatic rings. The first-order chi connectivity index (χ1) is 7.66. The summed E-state index contributed by atoms with van der Waals surface area (Å²) >= 11 is 1.75. The van der Waals surface area contributed by atoms with Gasteiger partial charge in [0.15, 0.2) is 0 Å². The van der Waals surface area contributed by atoms with Crippen LogP contribution in [-0.4, -0.2) is 11.0 Å². The number of aryl methyl sites for hydroxylation is 1. The monoisotopic (exact) mass is 232 g/mol. The quantitative estimate of drug-likeness (QED) is 0.883. The van der Waals surface area contributed by atoms with Gasteiger partial charge in [-0.1, -0.05) is 30.3 Å². The van der Waals surface area contributed by atoms with Crippen LogP contribution in [0.4, 0.5) is 0 Å². The van der Waals surface area contributed by atoms with Crippen LogP contribution in [0.15, 0.2) is 30.3 Å². The number of nitrogens with two attached hydrogens (primary N) is 1. The number of hydrogen-bond donors (Lipinski definition) is 1. The normalized spacial score (nSPS) is 12.7. The maximum atomic E-state index is 5.82. The van der Waals surface area contributed by atoms with Gasteiger partial charge in [-0.3, -0.25) is 0 Å². The van der Waals surface area contributed by atoms with Crippen molar-refractivity contribution in [2.45, 2.75) is 26.3 Å². The first-order valence-electron chi connectivity index (χ1n) is 5.44. The average molecular weight is 232 g/mol. The van der Waals surface area contributed by atoms with E-state index in [1.807, 2.05) is 25.1 Å². The van der Waals surface area contributed by atoms with E-state index in [-0.39, 0.29) is 6.04 Å². The highest BCUT2D eigenvalue weighted by molar-refractivity contribution is 7.15. The summed E-state index contributed by atoms with van der Waals surface area (Å²) in [5.74, 6) is 0. The Morgan fingerprint density at radius 2 is 2.00 bits per heavy atom. The molecule has 1 heterocycles. The SMILES string of the molecule is Cc1nc(-c2ccccc2)sc1CC(C)N. The molecule has 0 fully saturated rings. The molecule has 16 heavy (non-hydrogen) atoms. The largest absolute Gasteiger partial charge is 0.328 e. The van der Waals surface area contributed by atoms with Gasteiger partial charge in [-0.05, 0) is 20.3 Å². The second-order valence-corrected chi connectivity index (χ2v) is 5.16. The van der Waals surface area contributed by atoms with Gasteiger partial charge in [0.1, 0.15) is 5.01 Å². The molecule has 1 aromatic carbocycles. The van der Waals surface area contributed by atoms with Crippen LogP contribution in [0.3, 0.4) is 0 Å². The zero-order valence-electron chi connectivity index (χ0n) is 9.60. The summed E-state index contributed by atoms with van der Waals surface area (Å²) in [7, 11) is 0. The Morgan fingerprint density at radius 1 is 1.31 bits per heavy atom. The van der Waals surface area contributed by atoms with Crippen LogP contribution in [0, 0.1) is 6.92 Å². The molecule has 0 saturated carbocycles. The van der Waals surface area contributed by atoms with E-state index in [1.54, 1.807) is 11.3 Å². The van der Waals surface area contributed by atoms with E-state index in [9.17, 15) is 0 Å². The fourth-order valence-electron chi connectivity index (χ4n) is 1.61. The van der Waals surface area contributed by atoms with E-state index in [2.05, 4.69) is 24.0 Å². The molecular formula is C13H16N2S. The second kappa shape index (κ2) is 4.76. The Morgan fingerprint density at radius 3 is 2.62 bits per heavy atom. The first kappa shape index (κ1) is 11.3. The molecular weight excluding hydrogens is 216 g/mol. The van der Waals surface area contributed by atoms with Crippen LogP contribution in [0.2, 0.25) is 0 Å². The number of hydrogen-bond acceptors (Lipinski definition) is 3. The van der Waals surface area contributed by atoms with Gasteiger partial charge < -0.3 is 5.73 Å². The fraction of sp³-hybridized carbons (Fsp3) is 0.308. The number of nitrogens with zero attached hydrogens (tertiary/aromatic N) is 1. The zero-order valence-corrected chi connectivity index (χ0v) is 10.4. The minimum Gasteiger partial charge on any atom is -0.328 e. The summed E-state index contributed by atoms with van der Waals surface area (Å²) in [6.07, 6.45) is 0.913. The third kappa shape index (κ3) is 2.49. The van der Waals surface area contributed by atoms with Gasteiger partial charge >= 0.3 is 0 Å². The van der Waals surface area contributed by atoms with E-state index in [0.29, 0.717) is 0 Å². The molecule has 2 rings (SSSR count). The van der Waals surface area contributed by atoms with Gasteiger partial charge in [0, 0.05) is 16.5 Å². The molecule has 2 N–H and O–H groups in total. The number of benzene rings is 1. The highest BCUT2D eigenvalue weighted by atomic mass is 32.1. The van der Waals surface area contributed by atoms with E-state index < -0.39 is 0 Å². The van der Waals surface area contributed by atoms with E-state index in [4.69, 9.17) is 5.73 Å². The Balaban J connectivity index is 2.31. The average Bonchev–Trinajstić information content (AvgIpc) is 2.61. The van der Waals surface area contributed by atoms with Crippen molar-refractivity contribution < 1.29 is 0 Å². The zero-order chi connectivity index (χ0) is 11.5. The Hall–Kier alpha value is -1.19. The summed E-state index contributed by atoms with van der Waals surface area (Å²) in [5.41, 5.74) is 8.12. The smallest absolute Gasteiger partial charge is 0.123 e. The molecule has 0 saturated heterocycles. The second-order valence-electron chi connectivity index (χ2n) is 4.08. The summed E-state index contributed by atoms with van der Waals surface area (Å²) in [5, 5.41) is 1.09. The lowest BCUT2D eigenvalue weighted by atomic mass is 10.2. The lowest BCUT2D eigenvalue weighted by Crippen LogP contribution is -2.17. The molecule has 1 unspecified atom stereocenters. The number of rotatable bonds is 3. The Bertz CT molecular complexity index is 460. The number of aromatic nitrogens is 1. The molecule has 1 aromatic heterocycles. The van der Waals surface area contributed by atoms with Crippen LogP contribution in [-0.2, 0) is 6.42 Å². The van der Waals surface area contributed by atoms with Crippen molar-refractivity contribution in [2.75, 3.05) is 0 Å². The maximum absolute atomic E-state index is 5.82. The van der Waals surface area contributed by atoms with E-state index in [0.717, 1.165) is 17.1 Å². The van der Waals surface area contributed by atoms with Crippen molar-refractivity contribution in [1.82, 2.24) is 4.98 Å². The molecule has 0 radical (unpaired) electrons. The highest BCUT2D eigenvalue weighted by Crippen LogP contribution is 2.28. The fourth-order valence-corrected chi connectivity index (χ4v) is 2.82. The van der Waals surface area contributed by atoms with Crippen molar-refractivity contribution in [3.63, 3.8) is 0 Å². The van der Waals surface area contributed by atoms with E-state index in [1.165, 1.54) is 10.4 Å². The summed E-state index contributed by atoms with van der Waals surface area (Å²) in [6, 6.07) is 10.5. The van der Waals surface area contributed by atoms with Gasteiger partial charge in [0.05, 0.1) is 5.69 Å². The predicted molar refractivity (Wildman–Crippen MR) is 69.6 cm³/mol. The van der Waals surface area contributed by atoms with Crippen molar-refractivity contribution in [3.05, 3.63) is 40.9 Å². The van der Waals surface area contributed by atoms with Crippen LogP contribution in [0.25, 0.3) is 10.6 Å². The van der Waals surface area contributed by atoms with Crippen molar-refractivity contribution in [2.24, 2.45) is 5.73 Å². The molecule has 84 valence electrons. The lowest BCUT2D eigenvalue weighted by Gasteiger charge is -2.01. The summed E-state index contributed by atoms with van der Waals surface area (Å²) in [4.78, 5) is 5.90. The highest BCUT2D eigenvalue weighted by Gasteiger charge is 2.10. The Labute approximate surface area is 100 Å². The molecule has 0 bridgehead atoms. The molecule has 2 nitrogen and oxygen atoms in total. The predicted octanol–water partition coefficient (Wildman–Crippen LogP) is 3.01.